The maximum absolute atomic E-state index is 13.1. The van der Waals surface area contributed by atoms with E-state index in [0.717, 1.165) is 103 Å². The highest BCUT2D eigenvalue weighted by Gasteiger charge is 2.47. The minimum atomic E-state index is -1.72. The summed E-state index contributed by atoms with van der Waals surface area (Å²) in [6, 6.07) is 0. The minimum Gasteiger partial charge on any atom is -0.457 e. The van der Waals surface area contributed by atoms with Gasteiger partial charge in [0.15, 0.2) is 12.6 Å². The van der Waals surface area contributed by atoms with Crippen LogP contribution in [-0.2, 0) is 33.2 Å². The molecule has 14 heteroatoms. The van der Waals surface area contributed by atoms with Gasteiger partial charge in [-0.2, -0.15) is 0 Å². The SMILES string of the molecule is CC/C=C\C/C=C\C/C=C\C/C=C\CCCCCCCCCCCOCC(COC1OC(COC2OC(CO)C(O)C(O)C2O)C(O)C(O)C1O)OC(=O)CCCCCCCC/C=C\C/C=C\C/C=C\CCCCCCC. The summed E-state index contributed by atoms with van der Waals surface area (Å²) in [5.74, 6) is -0.392. The maximum atomic E-state index is 13.1. The lowest BCUT2D eigenvalue weighted by Gasteiger charge is -2.42. The van der Waals surface area contributed by atoms with Crippen molar-refractivity contribution in [1.29, 1.82) is 0 Å². The van der Waals surface area contributed by atoms with Crippen molar-refractivity contribution >= 4 is 5.97 Å². The van der Waals surface area contributed by atoms with E-state index in [1.807, 2.05) is 0 Å². The van der Waals surface area contributed by atoms with Crippen LogP contribution in [0.15, 0.2) is 85.1 Å². The Morgan fingerprint density at radius 3 is 1.32 bits per heavy atom. The van der Waals surface area contributed by atoms with Crippen molar-refractivity contribution < 1.29 is 69.0 Å². The van der Waals surface area contributed by atoms with Crippen LogP contribution < -0.4 is 0 Å². The van der Waals surface area contributed by atoms with E-state index in [9.17, 15) is 40.5 Å². The summed E-state index contributed by atoms with van der Waals surface area (Å²) in [6.07, 6.45) is 47.8. The molecule has 2 rings (SSSR count). The van der Waals surface area contributed by atoms with Crippen LogP contribution in [0.2, 0.25) is 0 Å². The Hall–Kier alpha value is -2.83. The van der Waals surface area contributed by atoms with Gasteiger partial charge in [0.25, 0.3) is 0 Å². The summed E-state index contributed by atoms with van der Waals surface area (Å²) >= 11 is 0. The second kappa shape index (κ2) is 49.0. The van der Waals surface area contributed by atoms with E-state index in [-0.39, 0.29) is 19.6 Å². The third kappa shape index (κ3) is 35.5. The molecule has 2 heterocycles. The number of aliphatic hydroxyl groups is 7. The van der Waals surface area contributed by atoms with Crippen molar-refractivity contribution in [3.05, 3.63) is 85.1 Å². The van der Waals surface area contributed by atoms with Crippen molar-refractivity contribution in [1.82, 2.24) is 0 Å². The molecule has 0 spiro atoms. The third-order valence-electron chi connectivity index (χ3n) is 13.9. The molecule has 0 aromatic rings. The number of carbonyl (C=O) groups excluding carboxylic acids is 1. The number of ether oxygens (including phenoxy) is 6. The van der Waals surface area contributed by atoms with Crippen LogP contribution in [0.5, 0.6) is 0 Å². The number of esters is 1. The molecule has 2 fully saturated rings. The Morgan fingerprint density at radius 2 is 0.844 bits per heavy atom. The van der Waals surface area contributed by atoms with Gasteiger partial charge in [-0.25, -0.2) is 0 Å². The van der Waals surface area contributed by atoms with Gasteiger partial charge in [0, 0.05) is 13.0 Å². The summed E-state index contributed by atoms with van der Waals surface area (Å²) in [5.41, 5.74) is 0. The molecule has 0 bridgehead atoms. The molecule has 7 N–H and O–H groups in total. The fourth-order valence-electron chi connectivity index (χ4n) is 9.05. The van der Waals surface area contributed by atoms with E-state index in [4.69, 9.17) is 28.4 Å². The first-order chi connectivity index (χ1) is 37.6. The molecule has 0 amide bonds. The standard InChI is InChI=1S/C63H108O14/c1-3-5-7-9-11-13-15-17-19-21-23-25-27-29-31-33-35-37-39-41-43-45-47-72-49-52(50-73-62-61(71)59(69)57(67)54(77-62)51-74-63-60(70)58(68)56(66)53(48-64)76-63)75-55(65)46-44-42-40-38-36-34-32-30-28-26-24-22-20-18-16-14-12-10-8-6-4-2/h5,7,11,13,16-19,22-25,28,30,52-54,56-64,66-71H,3-4,6,8-10,12,14-15,20-21,26-27,29,31-51H2,1-2H3/b7-5-,13-11-,18-16-,19-17-,24-22-,25-23-,30-28-. The van der Waals surface area contributed by atoms with Gasteiger partial charge in [-0.1, -0.05) is 195 Å². The molecule has 14 nitrogen and oxygen atoms in total. The van der Waals surface area contributed by atoms with Crippen LogP contribution in [0.25, 0.3) is 0 Å². The van der Waals surface area contributed by atoms with Crippen molar-refractivity contribution in [2.24, 2.45) is 0 Å². The molecule has 11 atom stereocenters. The normalized spacial score (nSPS) is 24.9. The molecular weight excluding hydrogens is 981 g/mol. The maximum Gasteiger partial charge on any atom is 0.306 e. The molecule has 2 aliphatic heterocycles. The molecule has 0 radical (unpaired) electrons. The van der Waals surface area contributed by atoms with Crippen molar-refractivity contribution in [2.45, 2.75) is 274 Å². The lowest BCUT2D eigenvalue weighted by Crippen LogP contribution is -2.61. The van der Waals surface area contributed by atoms with E-state index in [1.54, 1.807) is 0 Å². The molecule has 0 aliphatic carbocycles. The van der Waals surface area contributed by atoms with Gasteiger partial charge in [0.1, 0.15) is 54.9 Å². The molecular formula is C63H108O14. The van der Waals surface area contributed by atoms with Crippen LogP contribution in [0.1, 0.15) is 206 Å². The third-order valence-corrected chi connectivity index (χ3v) is 13.9. The van der Waals surface area contributed by atoms with Crippen molar-refractivity contribution in [2.75, 3.05) is 33.0 Å². The van der Waals surface area contributed by atoms with Crippen molar-refractivity contribution in [3.8, 4) is 0 Å². The molecule has 0 aromatic heterocycles. The topological polar surface area (TPSA) is 214 Å². The van der Waals surface area contributed by atoms with Gasteiger partial charge in [0.2, 0.25) is 0 Å². The van der Waals surface area contributed by atoms with Crippen LogP contribution in [0, 0.1) is 0 Å². The van der Waals surface area contributed by atoms with Gasteiger partial charge in [-0.05, 0) is 89.9 Å². The number of hydrogen-bond donors (Lipinski definition) is 7. The monoisotopic (exact) mass is 1090 g/mol. The van der Waals surface area contributed by atoms with E-state index < -0.39 is 86.7 Å². The zero-order valence-electron chi connectivity index (χ0n) is 47.7. The van der Waals surface area contributed by atoms with Gasteiger partial charge in [-0.3, -0.25) is 4.79 Å². The number of hydrogen-bond acceptors (Lipinski definition) is 14. The number of aliphatic hydroxyl groups excluding tert-OH is 7. The van der Waals surface area contributed by atoms with E-state index >= 15 is 0 Å². The van der Waals surface area contributed by atoms with Crippen molar-refractivity contribution in [3.63, 3.8) is 0 Å². The molecule has 0 aromatic carbocycles. The fourth-order valence-corrected chi connectivity index (χ4v) is 9.05. The second-order valence-electron chi connectivity index (χ2n) is 20.8. The molecule has 2 aliphatic rings. The molecule has 2 saturated heterocycles. The Balaban J connectivity index is 1.72. The van der Waals surface area contributed by atoms with E-state index in [1.165, 1.54) is 77.0 Å². The summed E-state index contributed by atoms with van der Waals surface area (Å²) in [4.78, 5) is 13.1. The molecule has 444 valence electrons. The van der Waals surface area contributed by atoms with Crippen LogP contribution in [0.4, 0.5) is 0 Å². The molecule has 0 saturated carbocycles. The lowest BCUT2D eigenvalue weighted by molar-refractivity contribution is -0.332. The molecule has 77 heavy (non-hydrogen) atoms. The Morgan fingerprint density at radius 1 is 0.442 bits per heavy atom. The van der Waals surface area contributed by atoms with Gasteiger partial charge < -0.3 is 64.2 Å². The quantitative estimate of drug-likeness (QED) is 0.0172. The lowest BCUT2D eigenvalue weighted by atomic mass is 9.98. The predicted molar refractivity (Wildman–Crippen MR) is 307 cm³/mol. The van der Waals surface area contributed by atoms with Gasteiger partial charge in [0.05, 0.1) is 26.4 Å². The summed E-state index contributed by atoms with van der Waals surface area (Å²) in [6.45, 7) is 3.53. The smallest absolute Gasteiger partial charge is 0.306 e. The highest BCUT2D eigenvalue weighted by atomic mass is 16.7. The first kappa shape index (κ1) is 70.3. The van der Waals surface area contributed by atoms with E-state index in [2.05, 4.69) is 98.9 Å². The minimum absolute atomic E-state index is 0.0473. The molecule has 11 unspecified atom stereocenters. The Bertz CT molecular complexity index is 1590. The first-order valence-corrected chi connectivity index (χ1v) is 30.2. The number of allylic oxidation sites excluding steroid dienone is 14. The number of carbonyl (C=O) groups is 1. The number of rotatable bonds is 48. The van der Waals surface area contributed by atoms with Crippen LogP contribution in [0.3, 0.4) is 0 Å². The van der Waals surface area contributed by atoms with E-state index in [0.29, 0.717) is 13.0 Å². The van der Waals surface area contributed by atoms with Gasteiger partial charge in [-0.15, -0.1) is 0 Å². The zero-order valence-corrected chi connectivity index (χ0v) is 47.7. The fraction of sp³-hybridized carbons (Fsp3) is 0.762. The second-order valence-corrected chi connectivity index (χ2v) is 20.8. The van der Waals surface area contributed by atoms with Crippen LogP contribution >= 0.6 is 0 Å². The summed E-state index contributed by atoms with van der Waals surface area (Å²) < 4.78 is 34.4. The first-order valence-electron chi connectivity index (χ1n) is 30.2. The summed E-state index contributed by atoms with van der Waals surface area (Å²) in [5, 5.41) is 72.4. The Kier molecular flexibility index (Phi) is 44.7. The largest absolute Gasteiger partial charge is 0.457 e. The highest BCUT2D eigenvalue weighted by molar-refractivity contribution is 5.69. The Labute approximate surface area is 465 Å². The van der Waals surface area contributed by atoms with Gasteiger partial charge >= 0.3 is 5.97 Å². The highest BCUT2D eigenvalue weighted by Crippen LogP contribution is 2.26. The van der Waals surface area contributed by atoms with Crippen LogP contribution in [-0.4, -0.2) is 142 Å². The average Bonchev–Trinajstić information content (AvgIpc) is 3.43. The average molecular weight is 1090 g/mol. The number of unbranched alkanes of at least 4 members (excludes halogenated alkanes) is 20. The predicted octanol–water partition coefficient (Wildman–Crippen LogP) is 11.2. The zero-order chi connectivity index (χ0) is 55.8. The summed E-state index contributed by atoms with van der Waals surface area (Å²) in [7, 11) is 0.